The number of ketones is 1. The molecule has 0 radical (unpaired) electrons. The number of rotatable bonds is 6. The second kappa shape index (κ2) is 8.08. The van der Waals surface area contributed by atoms with E-state index in [1.54, 1.807) is 45.0 Å². The van der Waals surface area contributed by atoms with Crippen molar-refractivity contribution in [2.75, 3.05) is 13.7 Å². The van der Waals surface area contributed by atoms with Crippen LogP contribution in [-0.2, 0) is 14.3 Å². The lowest BCUT2D eigenvalue weighted by atomic mass is 9.91. The van der Waals surface area contributed by atoms with Gasteiger partial charge in [-0.3, -0.25) is 9.59 Å². The first-order chi connectivity index (χ1) is 11.1. The van der Waals surface area contributed by atoms with Crippen LogP contribution in [0.15, 0.2) is 30.3 Å². The lowest BCUT2D eigenvalue weighted by Crippen LogP contribution is -2.53. The van der Waals surface area contributed by atoms with Crippen molar-refractivity contribution >= 4 is 17.7 Å². The van der Waals surface area contributed by atoms with Crippen LogP contribution in [0, 0.1) is 11.3 Å². The van der Waals surface area contributed by atoms with Crippen LogP contribution >= 0.6 is 0 Å². The van der Waals surface area contributed by atoms with Gasteiger partial charge in [-0.25, -0.2) is 4.79 Å². The Bertz CT molecular complexity index is 587. The average molecular weight is 333 g/mol. The molecule has 0 aliphatic heterocycles. The number of methoxy groups -OCH3 is 1. The average Bonchev–Trinajstić information content (AvgIpc) is 2.52. The Labute approximate surface area is 144 Å². The number of nitrogens with zero attached hydrogens (tertiary/aromatic N) is 1. The third-order valence-electron chi connectivity index (χ3n) is 3.72. The van der Waals surface area contributed by atoms with Crippen molar-refractivity contribution < 1.29 is 19.1 Å². The predicted octanol–water partition coefficient (Wildman–Crippen LogP) is 2.94. The van der Waals surface area contributed by atoms with Crippen LogP contribution in [0.3, 0.4) is 0 Å². The fourth-order valence-corrected chi connectivity index (χ4v) is 2.48. The molecule has 0 heterocycles. The highest BCUT2D eigenvalue weighted by Gasteiger charge is 2.38. The number of carbonyl (C=O) groups excluding carboxylic acids is 3. The molecule has 5 nitrogen and oxygen atoms in total. The van der Waals surface area contributed by atoms with Crippen LogP contribution in [0.5, 0.6) is 0 Å². The summed E-state index contributed by atoms with van der Waals surface area (Å²) < 4.78 is 4.86. The summed E-state index contributed by atoms with van der Waals surface area (Å²) in [6.45, 7) is 8.81. The number of benzene rings is 1. The number of carbonyl (C=O) groups is 3. The van der Waals surface area contributed by atoms with E-state index in [-0.39, 0.29) is 24.2 Å². The zero-order chi connectivity index (χ0) is 18.5. The molecule has 0 fully saturated rings. The van der Waals surface area contributed by atoms with Gasteiger partial charge in [0.25, 0.3) is 0 Å². The molecule has 1 aromatic carbocycles. The number of ether oxygens (including phenoxy) is 1. The van der Waals surface area contributed by atoms with Crippen molar-refractivity contribution in [3.05, 3.63) is 35.9 Å². The van der Waals surface area contributed by atoms with Crippen LogP contribution in [0.4, 0.5) is 0 Å². The molecular weight excluding hydrogens is 306 g/mol. The van der Waals surface area contributed by atoms with Gasteiger partial charge in [0.05, 0.1) is 13.7 Å². The second-order valence-electron chi connectivity index (χ2n) is 7.18. The maximum Gasteiger partial charge on any atom is 0.328 e. The van der Waals surface area contributed by atoms with Crippen molar-refractivity contribution in [1.82, 2.24) is 4.90 Å². The monoisotopic (exact) mass is 333 g/mol. The smallest absolute Gasteiger partial charge is 0.328 e. The molecule has 1 unspecified atom stereocenters. The van der Waals surface area contributed by atoms with Gasteiger partial charge in [-0.15, -0.1) is 0 Å². The fourth-order valence-electron chi connectivity index (χ4n) is 2.48. The van der Waals surface area contributed by atoms with Gasteiger partial charge in [-0.05, 0) is 5.92 Å². The largest absolute Gasteiger partial charge is 0.467 e. The molecule has 1 aromatic rings. The number of Topliss-reactive ketones (excluding diaryl/α,β-unsaturated/α-hetero) is 1. The normalized spacial score (nSPS) is 12.6. The molecule has 132 valence electrons. The van der Waals surface area contributed by atoms with E-state index in [4.69, 9.17) is 4.74 Å². The zero-order valence-electron chi connectivity index (χ0n) is 15.3. The molecule has 1 atom stereocenters. The maximum atomic E-state index is 12.9. The van der Waals surface area contributed by atoms with E-state index in [2.05, 4.69) is 0 Å². The summed E-state index contributed by atoms with van der Waals surface area (Å²) in [5, 5.41) is 0. The summed E-state index contributed by atoms with van der Waals surface area (Å²) in [5.41, 5.74) is -0.199. The van der Waals surface area contributed by atoms with E-state index in [1.165, 1.54) is 12.0 Å². The number of esters is 1. The quantitative estimate of drug-likeness (QED) is 0.593. The molecule has 0 N–H and O–H groups in total. The molecule has 1 rings (SSSR count). The standard InChI is InChI=1S/C19H27NO4/c1-13(2)16(17(22)24-6)20(18(23)19(3,4)5)12-15(21)14-10-8-7-9-11-14/h7-11,13,16H,12H2,1-6H3. The van der Waals surface area contributed by atoms with Crippen molar-refractivity contribution in [3.63, 3.8) is 0 Å². The number of amides is 1. The van der Waals surface area contributed by atoms with Gasteiger partial charge in [0.2, 0.25) is 5.91 Å². The number of hydrogen-bond donors (Lipinski definition) is 0. The molecule has 0 saturated carbocycles. The van der Waals surface area contributed by atoms with Crippen molar-refractivity contribution in [2.24, 2.45) is 11.3 Å². The third-order valence-corrected chi connectivity index (χ3v) is 3.72. The molecule has 0 spiro atoms. The summed E-state index contributed by atoms with van der Waals surface area (Å²) in [4.78, 5) is 39.0. The van der Waals surface area contributed by atoms with Crippen molar-refractivity contribution in [3.8, 4) is 0 Å². The Kier molecular flexibility index (Phi) is 6.70. The van der Waals surface area contributed by atoms with E-state index in [9.17, 15) is 14.4 Å². The Morgan fingerprint density at radius 3 is 2.04 bits per heavy atom. The van der Waals surface area contributed by atoms with Crippen LogP contribution in [0.1, 0.15) is 45.0 Å². The lowest BCUT2D eigenvalue weighted by molar-refractivity contribution is -0.157. The summed E-state index contributed by atoms with van der Waals surface area (Å²) in [7, 11) is 1.29. The first-order valence-corrected chi connectivity index (χ1v) is 8.06. The highest BCUT2D eigenvalue weighted by atomic mass is 16.5. The van der Waals surface area contributed by atoms with Crippen LogP contribution in [0.25, 0.3) is 0 Å². The molecule has 1 amide bonds. The van der Waals surface area contributed by atoms with Crippen molar-refractivity contribution in [2.45, 2.75) is 40.7 Å². The second-order valence-corrected chi connectivity index (χ2v) is 7.18. The van der Waals surface area contributed by atoms with Gasteiger partial charge in [-0.1, -0.05) is 65.0 Å². The predicted molar refractivity (Wildman–Crippen MR) is 92.6 cm³/mol. The third kappa shape index (κ3) is 4.91. The highest BCUT2D eigenvalue weighted by Crippen LogP contribution is 2.23. The Morgan fingerprint density at radius 1 is 1.08 bits per heavy atom. The SMILES string of the molecule is COC(=O)C(C(C)C)N(CC(=O)c1ccccc1)C(=O)C(C)(C)C. The first-order valence-electron chi connectivity index (χ1n) is 8.06. The van der Waals surface area contributed by atoms with E-state index in [0.717, 1.165) is 0 Å². The summed E-state index contributed by atoms with van der Waals surface area (Å²) in [5.74, 6) is -1.14. The van der Waals surface area contributed by atoms with Gasteiger partial charge >= 0.3 is 5.97 Å². The minimum absolute atomic E-state index is 0.155. The van der Waals surface area contributed by atoms with Crippen LogP contribution in [0.2, 0.25) is 0 Å². The van der Waals surface area contributed by atoms with E-state index < -0.39 is 17.4 Å². The molecule has 5 heteroatoms. The van der Waals surface area contributed by atoms with E-state index >= 15 is 0 Å². The Balaban J connectivity index is 3.20. The molecule has 24 heavy (non-hydrogen) atoms. The van der Waals surface area contributed by atoms with E-state index in [1.807, 2.05) is 19.9 Å². The Hall–Kier alpha value is -2.17. The molecular formula is C19H27NO4. The van der Waals surface area contributed by atoms with Gasteiger partial charge in [-0.2, -0.15) is 0 Å². The zero-order valence-corrected chi connectivity index (χ0v) is 15.3. The first kappa shape index (κ1) is 19.9. The summed E-state index contributed by atoms with van der Waals surface area (Å²) in [6, 6.07) is 7.96. The molecule has 0 bridgehead atoms. The minimum atomic E-state index is -0.797. The molecule has 0 saturated heterocycles. The van der Waals surface area contributed by atoms with Crippen LogP contribution < -0.4 is 0 Å². The fraction of sp³-hybridized carbons (Fsp3) is 0.526. The van der Waals surface area contributed by atoms with Gasteiger partial charge < -0.3 is 9.64 Å². The lowest BCUT2D eigenvalue weighted by Gasteiger charge is -2.36. The molecule has 0 aromatic heterocycles. The van der Waals surface area contributed by atoms with E-state index in [0.29, 0.717) is 5.56 Å². The van der Waals surface area contributed by atoms with Crippen LogP contribution in [-0.4, -0.2) is 42.3 Å². The van der Waals surface area contributed by atoms with Gasteiger partial charge in [0, 0.05) is 11.0 Å². The maximum absolute atomic E-state index is 12.9. The van der Waals surface area contributed by atoms with Gasteiger partial charge in [0.15, 0.2) is 5.78 Å². The van der Waals surface area contributed by atoms with Gasteiger partial charge in [0.1, 0.15) is 6.04 Å². The minimum Gasteiger partial charge on any atom is -0.467 e. The summed E-state index contributed by atoms with van der Waals surface area (Å²) in [6.07, 6.45) is 0. The van der Waals surface area contributed by atoms with Crippen molar-refractivity contribution in [1.29, 1.82) is 0 Å². The highest BCUT2D eigenvalue weighted by molar-refractivity contribution is 6.00. The Morgan fingerprint density at radius 2 is 1.62 bits per heavy atom. The number of hydrogen-bond acceptors (Lipinski definition) is 4. The molecule has 0 aliphatic carbocycles. The molecule has 0 aliphatic rings. The topological polar surface area (TPSA) is 63.7 Å². The summed E-state index contributed by atoms with van der Waals surface area (Å²) >= 11 is 0.